The number of pyridine rings is 1. The fraction of sp³-hybridized carbons (Fsp3) is 0.421. The largest absolute Gasteiger partial charge is 0.385 e. The van der Waals surface area contributed by atoms with Crippen LogP contribution >= 0.6 is 11.6 Å². The Hall–Kier alpha value is -1.46. The van der Waals surface area contributed by atoms with Crippen molar-refractivity contribution in [2.24, 2.45) is 0 Å². The lowest BCUT2D eigenvalue weighted by molar-refractivity contribution is 0.129. The van der Waals surface area contributed by atoms with E-state index in [1.807, 2.05) is 24.4 Å². The molecule has 1 fully saturated rings. The SMILES string of the molecule is COCC[C@H]1CN(C(c2ccc(Cl)cc2)c2ccccn2)CCN1. The summed E-state index contributed by atoms with van der Waals surface area (Å²) in [5, 5.41) is 4.35. The lowest BCUT2D eigenvalue weighted by Crippen LogP contribution is -2.52. The van der Waals surface area contributed by atoms with Crippen molar-refractivity contribution in [2.75, 3.05) is 33.4 Å². The highest BCUT2D eigenvalue weighted by molar-refractivity contribution is 6.30. The number of benzene rings is 1. The van der Waals surface area contributed by atoms with Crippen LogP contribution in [0.4, 0.5) is 0 Å². The van der Waals surface area contributed by atoms with Gasteiger partial charge in [0.1, 0.15) is 0 Å². The van der Waals surface area contributed by atoms with E-state index < -0.39 is 0 Å². The fourth-order valence-corrected chi connectivity index (χ4v) is 3.42. The van der Waals surface area contributed by atoms with Gasteiger partial charge in [-0.1, -0.05) is 29.8 Å². The van der Waals surface area contributed by atoms with E-state index in [1.54, 1.807) is 7.11 Å². The maximum Gasteiger partial charge on any atom is 0.0777 e. The summed E-state index contributed by atoms with van der Waals surface area (Å²) in [6, 6.07) is 14.8. The molecule has 24 heavy (non-hydrogen) atoms. The zero-order valence-electron chi connectivity index (χ0n) is 14.0. The lowest BCUT2D eigenvalue weighted by atomic mass is 9.99. The summed E-state index contributed by atoms with van der Waals surface area (Å²) in [5.74, 6) is 0. The molecule has 1 aromatic heterocycles. The zero-order valence-corrected chi connectivity index (χ0v) is 14.7. The third-order valence-electron chi connectivity index (χ3n) is 4.48. The molecule has 5 heteroatoms. The van der Waals surface area contributed by atoms with Crippen molar-refractivity contribution in [3.05, 3.63) is 64.9 Å². The van der Waals surface area contributed by atoms with Crippen LogP contribution < -0.4 is 5.32 Å². The standard InChI is InChI=1S/C19H24ClN3O/c1-24-13-9-17-14-23(12-11-21-17)19(18-4-2-3-10-22-18)15-5-7-16(20)8-6-15/h2-8,10,17,19,21H,9,11-14H2,1H3/t17-,19?/m0/s1. The van der Waals surface area contributed by atoms with Crippen molar-refractivity contribution in [3.63, 3.8) is 0 Å². The summed E-state index contributed by atoms with van der Waals surface area (Å²) in [5.41, 5.74) is 2.30. The van der Waals surface area contributed by atoms with E-state index in [4.69, 9.17) is 16.3 Å². The minimum absolute atomic E-state index is 0.149. The summed E-state index contributed by atoms with van der Waals surface area (Å²) in [6.07, 6.45) is 2.88. The average Bonchev–Trinajstić information content (AvgIpc) is 2.63. The molecule has 1 unspecified atom stereocenters. The second-order valence-corrected chi connectivity index (χ2v) is 6.57. The maximum absolute atomic E-state index is 6.08. The van der Waals surface area contributed by atoms with E-state index in [2.05, 4.69) is 39.5 Å². The molecule has 2 aromatic rings. The summed E-state index contributed by atoms with van der Waals surface area (Å²) in [6.45, 7) is 3.73. The van der Waals surface area contributed by atoms with Crippen molar-refractivity contribution in [3.8, 4) is 0 Å². The van der Waals surface area contributed by atoms with E-state index in [0.29, 0.717) is 6.04 Å². The summed E-state index contributed by atoms with van der Waals surface area (Å²) >= 11 is 6.08. The van der Waals surface area contributed by atoms with E-state index >= 15 is 0 Å². The summed E-state index contributed by atoms with van der Waals surface area (Å²) in [7, 11) is 1.75. The Morgan fingerprint density at radius 1 is 1.29 bits per heavy atom. The Balaban J connectivity index is 1.85. The van der Waals surface area contributed by atoms with Crippen molar-refractivity contribution < 1.29 is 4.74 Å². The lowest BCUT2D eigenvalue weighted by Gasteiger charge is -2.39. The third kappa shape index (κ3) is 4.33. The van der Waals surface area contributed by atoms with E-state index in [0.717, 1.165) is 43.4 Å². The van der Waals surface area contributed by atoms with Gasteiger partial charge in [0.15, 0.2) is 0 Å². The molecule has 0 aliphatic carbocycles. The molecule has 1 aromatic carbocycles. The van der Waals surface area contributed by atoms with Crippen LogP contribution in [0.15, 0.2) is 48.7 Å². The van der Waals surface area contributed by atoms with Gasteiger partial charge in [0.2, 0.25) is 0 Å². The molecule has 1 aliphatic rings. The maximum atomic E-state index is 6.08. The molecule has 0 bridgehead atoms. The smallest absolute Gasteiger partial charge is 0.0777 e. The minimum Gasteiger partial charge on any atom is -0.385 e. The first-order valence-electron chi connectivity index (χ1n) is 8.40. The van der Waals surface area contributed by atoms with Crippen LogP contribution in [0.1, 0.15) is 23.7 Å². The van der Waals surface area contributed by atoms with Gasteiger partial charge in [0, 0.05) is 50.6 Å². The number of nitrogens with one attached hydrogen (secondary N) is 1. The number of halogens is 1. The molecule has 0 amide bonds. The Morgan fingerprint density at radius 3 is 2.83 bits per heavy atom. The van der Waals surface area contributed by atoms with E-state index in [9.17, 15) is 0 Å². The summed E-state index contributed by atoms with van der Waals surface area (Å²) in [4.78, 5) is 7.12. The van der Waals surface area contributed by atoms with Crippen LogP contribution in [0.2, 0.25) is 5.02 Å². The molecule has 0 saturated carbocycles. The molecule has 128 valence electrons. The van der Waals surface area contributed by atoms with Gasteiger partial charge in [-0.2, -0.15) is 0 Å². The molecule has 2 heterocycles. The second-order valence-electron chi connectivity index (χ2n) is 6.14. The zero-order chi connectivity index (χ0) is 16.8. The number of aromatic nitrogens is 1. The highest BCUT2D eigenvalue weighted by Gasteiger charge is 2.28. The van der Waals surface area contributed by atoms with Crippen molar-refractivity contribution >= 4 is 11.6 Å². The number of methoxy groups -OCH3 is 1. The number of hydrogen-bond donors (Lipinski definition) is 1. The molecular formula is C19H24ClN3O. The van der Waals surface area contributed by atoms with Gasteiger partial charge >= 0.3 is 0 Å². The third-order valence-corrected chi connectivity index (χ3v) is 4.73. The normalized spacial score (nSPS) is 20.0. The number of piperazine rings is 1. The van der Waals surface area contributed by atoms with Crippen molar-refractivity contribution in [1.82, 2.24) is 15.2 Å². The fourth-order valence-electron chi connectivity index (χ4n) is 3.29. The average molecular weight is 346 g/mol. The first kappa shape index (κ1) is 17.4. The molecule has 0 radical (unpaired) electrons. The monoisotopic (exact) mass is 345 g/mol. The van der Waals surface area contributed by atoms with Gasteiger partial charge in [-0.25, -0.2) is 0 Å². The predicted molar refractivity (Wildman–Crippen MR) is 97.4 cm³/mol. The van der Waals surface area contributed by atoms with Crippen LogP contribution in [0.3, 0.4) is 0 Å². The van der Waals surface area contributed by atoms with Crippen LogP contribution in [0.5, 0.6) is 0 Å². The topological polar surface area (TPSA) is 37.4 Å². The minimum atomic E-state index is 0.149. The second kappa shape index (κ2) is 8.58. The molecular weight excluding hydrogens is 322 g/mol. The first-order valence-corrected chi connectivity index (χ1v) is 8.78. The molecule has 1 N–H and O–H groups in total. The Labute approximate surface area is 148 Å². The molecule has 1 aliphatic heterocycles. The first-order chi connectivity index (χ1) is 11.8. The Morgan fingerprint density at radius 2 is 2.12 bits per heavy atom. The van der Waals surface area contributed by atoms with Gasteiger partial charge in [0.05, 0.1) is 11.7 Å². The highest BCUT2D eigenvalue weighted by Crippen LogP contribution is 2.29. The quantitative estimate of drug-likeness (QED) is 0.872. The molecule has 3 rings (SSSR count). The number of hydrogen-bond acceptors (Lipinski definition) is 4. The van der Waals surface area contributed by atoms with E-state index in [1.165, 1.54) is 5.56 Å². The van der Waals surface area contributed by atoms with Crippen LogP contribution in [0.25, 0.3) is 0 Å². The van der Waals surface area contributed by atoms with Gasteiger partial charge in [-0.3, -0.25) is 9.88 Å². The number of rotatable bonds is 6. The molecule has 0 spiro atoms. The van der Waals surface area contributed by atoms with Crippen LogP contribution in [-0.4, -0.2) is 49.3 Å². The van der Waals surface area contributed by atoms with Gasteiger partial charge in [-0.05, 0) is 36.2 Å². The van der Waals surface area contributed by atoms with Gasteiger partial charge in [-0.15, -0.1) is 0 Å². The Bertz CT molecular complexity index is 620. The van der Waals surface area contributed by atoms with Gasteiger partial charge < -0.3 is 10.1 Å². The molecule has 4 nitrogen and oxygen atoms in total. The highest BCUT2D eigenvalue weighted by atomic mass is 35.5. The van der Waals surface area contributed by atoms with Crippen molar-refractivity contribution in [1.29, 1.82) is 0 Å². The van der Waals surface area contributed by atoms with Crippen LogP contribution in [0, 0.1) is 0 Å². The van der Waals surface area contributed by atoms with E-state index in [-0.39, 0.29) is 6.04 Å². The molecule has 1 saturated heterocycles. The predicted octanol–water partition coefficient (Wildman–Crippen LogP) is 3.13. The number of nitrogens with zero attached hydrogens (tertiary/aromatic N) is 2. The Kier molecular flexibility index (Phi) is 6.21. The number of ether oxygens (including phenoxy) is 1. The van der Waals surface area contributed by atoms with Gasteiger partial charge in [0.25, 0.3) is 0 Å². The van der Waals surface area contributed by atoms with Crippen LogP contribution in [-0.2, 0) is 4.74 Å². The summed E-state index contributed by atoms with van der Waals surface area (Å²) < 4.78 is 5.24. The van der Waals surface area contributed by atoms with Crippen molar-refractivity contribution in [2.45, 2.75) is 18.5 Å². The molecule has 2 atom stereocenters.